The van der Waals surface area contributed by atoms with Gasteiger partial charge in [0.05, 0.1) is 0 Å². The summed E-state index contributed by atoms with van der Waals surface area (Å²) in [4.78, 5) is 11.4. The van der Waals surface area contributed by atoms with Crippen LogP contribution in [0.3, 0.4) is 0 Å². The minimum atomic E-state index is -0.216. The monoisotopic (exact) mass is 282 g/mol. The Bertz CT molecular complexity index is 382. The molecule has 2 N–H and O–H groups in total. The number of hydrogen-bond donors (Lipinski definition) is 2. The fourth-order valence-electron chi connectivity index (χ4n) is 1.74. The van der Waals surface area contributed by atoms with Crippen molar-refractivity contribution in [2.45, 2.75) is 19.3 Å². The van der Waals surface area contributed by atoms with Crippen LogP contribution in [0.1, 0.15) is 18.4 Å². The van der Waals surface area contributed by atoms with E-state index in [1.807, 2.05) is 0 Å². The molecule has 0 fully saturated rings. The summed E-state index contributed by atoms with van der Waals surface area (Å²) < 4.78 is 17.6. The number of ether oxygens (including phenoxy) is 1. The first-order chi connectivity index (χ1) is 9.72. The van der Waals surface area contributed by atoms with Crippen LogP contribution in [0.15, 0.2) is 24.3 Å². The Labute approximate surface area is 119 Å². The number of methoxy groups -OCH3 is 1. The first kappa shape index (κ1) is 16.6. The zero-order valence-electron chi connectivity index (χ0n) is 12.0. The second kappa shape index (κ2) is 10.3. The summed E-state index contributed by atoms with van der Waals surface area (Å²) in [6, 6.07) is 6.48. The lowest BCUT2D eigenvalue weighted by atomic mass is 10.1. The molecule has 0 unspecified atom stereocenters. The molecule has 0 aliphatic heterocycles. The van der Waals surface area contributed by atoms with Crippen LogP contribution in [0.4, 0.5) is 4.39 Å². The van der Waals surface area contributed by atoms with Gasteiger partial charge in [0.1, 0.15) is 5.82 Å². The van der Waals surface area contributed by atoms with Gasteiger partial charge in [-0.3, -0.25) is 4.79 Å². The van der Waals surface area contributed by atoms with E-state index < -0.39 is 0 Å². The summed E-state index contributed by atoms with van der Waals surface area (Å²) in [5.41, 5.74) is 1.09. The first-order valence-corrected chi connectivity index (χ1v) is 6.93. The van der Waals surface area contributed by atoms with Gasteiger partial charge in [0.15, 0.2) is 0 Å². The third-order valence-corrected chi connectivity index (χ3v) is 2.88. The van der Waals surface area contributed by atoms with Crippen LogP contribution in [0.5, 0.6) is 0 Å². The molecule has 1 aromatic rings. The van der Waals surface area contributed by atoms with E-state index in [1.165, 1.54) is 12.1 Å². The zero-order chi connectivity index (χ0) is 14.6. The first-order valence-electron chi connectivity index (χ1n) is 6.93. The molecule has 0 radical (unpaired) electrons. The Morgan fingerprint density at radius 3 is 2.65 bits per heavy atom. The lowest BCUT2D eigenvalue weighted by Gasteiger charge is -2.06. The largest absolute Gasteiger partial charge is 0.385 e. The van der Waals surface area contributed by atoms with Crippen molar-refractivity contribution in [3.63, 3.8) is 0 Å². The molecule has 0 aliphatic carbocycles. The van der Waals surface area contributed by atoms with Crippen molar-refractivity contribution in [3.05, 3.63) is 35.6 Å². The molecule has 20 heavy (non-hydrogen) atoms. The average molecular weight is 282 g/mol. The Balaban J connectivity index is 1.98. The van der Waals surface area contributed by atoms with Gasteiger partial charge in [0, 0.05) is 33.2 Å². The molecular formula is C15H23FN2O2. The van der Waals surface area contributed by atoms with E-state index in [1.54, 1.807) is 19.2 Å². The number of rotatable bonds is 10. The van der Waals surface area contributed by atoms with E-state index in [4.69, 9.17) is 4.74 Å². The maximum Gasteiger partial charge on any atom is 0.221 e. The van der Waals surface area contributed by atoms with Gasteiger partial charge in [0.25, 0.3) is 0 Å². The van der Waals surface area contributed by atoms with Crippen molar-refractivity contribution in [2.24, 2.45) is 0 Å². The molecule has 1 rings (SSSR count). The second-order valence-corrected chi connectivity index (χ2v) is 4.57. The van der Waals surface area contributed by atoms with Crippen molar-refractivity contribution in [1.82, 2.24) is 10.6 Å². The van der Waals surface area contributed by atoms with Crippen molar-refractivity contribution in [3.8, 4) is 0 Å². The smallest absolute Gasteiger partial charge is 0.221 e. The van der Waals surface area contributed by atoms with Crippen LogP contribution in [0, 0.1) is 5.82 Å². The van der Waals surface area contributed by atoms with Crippen molar-refractivity contribution in [1.29, 1.82) is 0 Å². The molecule has 0 heterocycles. The van der Waals surface area contributed by atoms with Crippen molar-refractivity contribution < 1.29 is 13.9 Å². The number of benzene rings is 1. The van der Waals surface area contributed by atoms with Crippen LogP contribution in [0.2, 0.25) is 0 Å². The van der Waals surface area contributed by atoms with Crippen LogP contribution in [-0.2, 0) is 16.0 Å². The third-order valence-electron chi connectivity index (χ3n) is 2.88. The lowest BCUT2D eigenvalue weighted by molar-refractivity contribution is -0.121. The number of nitrogens with one attached hydrogen (secondary N) is 2. The van der Waals surface area contributed by atoms with Gasteiger partial charge in [-0.05, 0) is 37.1 Å². The quantitative estimate of drug-likeness (QED) is 0.639. The predicted molar refractivity (Wildman–Crippen MR) is 77.1 cm³/mol. The molecule has 0 aliphatic rings. The molecule has 0 aromatic heterocycles. The van der Waals surface area contributed by atoms with Crippen molar-refractivity contribution >= 4 is 5.91 Å². The normalized spacial score (nSPS) is 10.5. The summed E-state index contributed by atoms with van der Waals surface area (Å²) in [5, 5.41) is 6.03. The third kappa shape index (κ3) is 7.86. The number of carbonyl (C=O) groups is 1. The van der Waals surface area contributed by atoms with E-state index in [-0.39, 0.29) is 11.7 Å². The van der Waals surface area contributed by atoms with E-state index in [9.17, 15) is 9.18 Å². The topological polar surface area (TPSA) is 50.4 Å². The van der Waals surface area contributed by atoms with E-state index in [0.29, 0.717) is 26.1 Å². The molecule has 0 spiro atoms. The highest BCUT2D eigenvalue weighted by Gasteiger charge is 2.00. The highest BCUT2D eigenvalue weighted by atomic mass is 19.1. The Hall–Kier alpha value is -1.46. The summed E-state index contributed by atoms with van der Waals surface area (Å²) in [6.07, 6.45) is 2.13. The molecule has 0 atom stereocenters. The Morgan fingerprint density at radius 2 is 1.95 bits per heavy atom. The molecule has 1 amide bonds. The van der Waals surface area contributed by atoms with E-state index >= 15 is 0 Å². The summed E-state index contributed by atoms with van der Waals surface area (Å²) in [5.74, 6) is -0.165. The minimum Gasteiger partial charge on any atom is -0.385 e. The van der Waals surface area contributed by atoms with Gasteiger partial charge in [-0.1, -0.05) is 12.1 Å². The highest BCUT2D eigenvalue weighted by molar-refractivity contribution is 5.75. The Kier molecular flexibility index (Phi) is 8.58. The summed E-state index contributed by atoms with van der Waals surface area (Å²) in [6.45, 7) is 2.75. The maximum atomic E-state index is 12.7. The average Bonchev–Trinajstić information content (AvgIpc) is 2.45. The van der Waals surface area contributed by atoms with Gasteiger partial charge >= 0.3 is 0 Å². The second-order valence-electron chi connectivity index (χ2n) is 4.57. The van der Waals surface area contributed by atoms with Crippen LogP contribution in [0.25, 0.3) is 0 Å². The molecule has 5 heteroatoms. The van der Waals surface area contributed by atoms with Gasteiger partial charge in [-0.15, -0.1) is 0 Å². The molecule has 0 saturated carbocycles. The van der Waals surface area contributed by atoms with Crippen LogP contribution in [-0.4, -0.2) is 39.3 Å². The molecule has 112 valence electrons. The van der Waals surface area contributed by atoms with Gasteiger partial charge in [-0.25, -0.2) is 4.39 Å². The van der Waals surface area contributed by atoms with Crippen LogP contribution < -0.4 is 10.6 Å². The summed E-state index contributed by atoms with van der Waals surface area (Å²) >= 11 is 0. The fourth-order valence-corrected chi connectivity index (χ4v) is 1.74. The van der Waals surface area contributed by atoms with E-state index in [2.05, 4.69) is 10.6 Å². The molecule has 0 bridgehead atoms. The van der Waals surface area contributed by atoms with E-state index in [0.717, 1.165) is 24.9 Å². The number of amides is 1. The number of halogens is 1. The lowest BCUT2D eigenvalue weighted by Crippen LogP contribution is -2.29. The SMILES string of the molecule is COCCCNC(=O)CCNCCc1ccc(F)cc1. The molecule has 0 saturated heterocycles. The highest BCUT2D eigenvalue weighted by Crippen LogP contribution is 2.02. The van der Waals surface area contributed by atoms with Gasteiger partial charge in [-0.2, -0.15) is 0 Å². The predicted octanol–water partition coefficient (Wildman–Crippen LogP) is 1.50. The van der Waals surface area contributed by atoms with Crippen molar-refractivity contribution in [2.75, 3.05) is 33.4 Å². The van der Waals surface area contributed by atoms with Crippen LogP contribution >= 0.6 is 0 Å². The van der Waals surface area contributed by atoms with Gasteiger partial charge in [0.2, 0.25) is 5.91 Å². The zero-order valence-corrected chi connectivity index (χ0v) is 12.0. The molecule has 1 aromatic carbocycles. The molecule has 4 nitrogen and oxygen atoms in total. The molecular weight excluding hydrogens is 259 g/mol. The van der Waals surface area contributed by atoms with Gasteiger partial charge < -0.3 is 15.4 Å². The maximum absolute atomic E-state index is 12.7. The number of carbonyl (C=O) groups excluding carboxylic acids is 1. The number of hydrogen-bond acceptors (Lipinski definition) is 3. The fraction of sp³-hybridized carbons (Fsp3) is 0.533. The Morgan fingerprint density at radius 1 is 1.20 bits per heavy atom. The minimum absolute atomic E-state index is 0.0513. The standard InChI is InChI=1S/C15H23FN2O2/c1-20-12-2-9-18-15(19)8-11-17-10-7-13-3-5-14(16)6-4-13/h3-6,17H,2,7-12H2,1H3,(H,18,19). The summed E-state index contributed by atoms with van der Waals surface area (Å²) in [7, 11) is 1.65.